The monoisotopic (exact) mass is 444 g/mol. The summed E-state index contributed by atoms with van der Waals surface area (Å²) in [7, 11) is 1.81. The number of aryl methyl sites for hydroxylation is 1. The molecule has 1 saturated heterocycles. The number of nitrogens with zero attached hydrogens (tertiary/aromatic N) is 5. The van der Waals surface area contributed by atoms with Crippen LogP contribution in [-0.4, -0.2) is 38.2 Å². The van der Waals surface area contributed by atoms with Crippen LogP contribution in [0, 0.1) is 12.7 Å². The molecule has 1 fully saturated rings. The number of aromatic nitrogens is 4. The normalized spacial score (nSPS) is 20.3. The number of aromatic amines is 1. The largest absolute Gasteiger partial charge is 0.369 e. The molecule has 2 aliphatic rings. The summed E-state index contributed by atoms with van der Waals surface area (Å²) < 4.78 is 17.4. The second-order valence-corrected chi connectivity index (χ2v) is 9.04. The molecule has 33 heavy (non-hydrogen) atoms. The Morgan fingerprint density at radius 1 is 1.15 bits per heavy atom. The number of benzene rings is 2. The standard InChI is InChI=1S/C25H25FN6O/c1-14-5-4-10-31(14)16-6-8-18(19(26)11-16)24-22-15(2)30(3)29-23(22)25(33)32(24)17-7-9-20-21(12-17)28-13-27-20/h6-9,11-14,24H,4-5,10H2,1-3H3,(H,27,28)/t14-,24?/m1/s1. The van der Waals surface area contributed by atoms with Crippen LogP contribution in [0.5, 0.6) is 0 Å². The van der Waals surface area contributed by atoms with Gasteiger partial charge in [0.05, 0.1) is 23.4 Å². The first-order chi connectivity index (χ1) is 15.9. The first-order valence-electron chi connectivity index (χ1n) is 11.3. The summed E-state index contributed by atoms with van der Waals surface area (Å²) in [6, 6.07) is 10.8. The van der Waals surface area contributed by atoms with E-state index in [9.17, 15) is 4.79 Å². The summed E-state index contributed by atoms with van der Waals surface area (Å²) in [6.07, 6.45) is 3.85. The number of imidazole rings is 1. The molecule has 0 aliphatic carbocycles. The fourth-order valence-corrected chi connectivity index (χ4v) is 5.34. The molecule has 1 N–H and O–H groups in total. The summed E-state index contributed by atoms with van der Waals surface area (Å²) >= 11 is 0. The van der Waals surface area contributed by atoms with Crippen molar-refractivity contribution in [2.45, 2.75) is 38.8 Å². The van der Waals surface area contributed by atoms with Crippen LogP contribution in [0.15, 0.2) is 42.7 Å². The van der Waals surface area contributed by atoms with Crippen molar-refractivity contribution in [2.24, 2.45) is 7.05 Å². The summed E-state index contributed by atoms with van der Waals surface area (Å²) in [5.74, 6) is -0.540. The lowest BCUT2D eigenvalue weighted by Gasteiger charge is -2.28. The van der Waals surface area contributed by atoms with Gasteiger partial charge in [-0.25, -0.2) is 9.37 Å². The van der Waals surface area contributed by atoms with E-state index in [0.717, 1.165) is 47.4 Å². The number of rotatable bonds is 3. The van der Waals surface area contributed by atoms with E-state index in [1.165, 1.54) is 0 Å². The number of hydrogen-bond donors (Lipinski definition) is 1. The van der Waals surface area contributed by atoms with Crippen molar-refractivity contribution in [3.8, 4) is 0 Å². The van der Waals surface area contributed by atoms with Crippen LogP contribution >= 0.6 is 0 Å². The number of amides is 1. The van der Waals surface area contributed by atoms with Gasteiger partial charge in [0, 0.05) is 47.8 Å². The minimum atomic E-state index is -0.591. The molecule has 2 aliphatic heterocycles. The van der Waals surface area contributed by atoms with E-state index in [0.29, 0.717) is 23.0 Å². The Bertz CT molecular complexity index is 1410. The van der Waals surface area contributed by atoms with E-state index in [4.69, 9.17) is 0 Å². The molecule has 0 spiro atoms. The highest BCUT2D eigenvalue weighted by molar-refractivity contribution is 6.11. The Morgan fingerprint density at radius 2 is 1.97 bits per heavy atom. The molecular formula is C25H25FN6O. The lowest BCUT2D eigenvalue weighted by Crippen LogP contribution is -2.30. The molecule has 4 heterocycles. The molecule has 4 aromatic rings. The molecule has 0 bridgehead atoms. The van der Waals surface area contributed by atoms with Crippen molar-refractivity contribution in [2.75, 3.05) is 16.3 Å². The minimum absolute atomic E-state index is 0.228. The number of halogens is 1. The van der Waals surface area contributed by atoms with Crippen molar-refractivity contribution in [3.63, 3.8) is 0 Å². The molecule has 1 unspecified atom stereocenters. The molecule has 2 aromatic heterocycles. The maximum Gasteiger partial charge on any atom is 0.280 e. The summed E-state index contributed by atoms with van der Waals surface area (Å²) in [5, 5.41) is 4.47. The maximum atomic E-state index is 15.7. The highest BCUT2D eigenvalue weighted by Gasteiger charge is 2.44. The first kappa shape index (κ1) is 20.0. The molecule has 7 nitrogen and oxygen atoms in total. The highest BCUT2D eigenvalue weighted by Crippen LogP contribution is 2.44. The number of H-pyrrole nitrogens is 1. The van der Waals surface area contributed by atoms with Gasteiger partial charge in [-0.05, 0) is 57.0 Å². The van der Waals surface area contributed by atoms with Crippen LogP contribution < -0.4 is 9.80 Å². The molecule has 168 valence electrons. The number of fused-ring (bicyclic) bond motifs is 2. The number of carbonyl (C=O) groups excluding carboxylic acids is 1. The molecule has 0 saturated carbocycles. The third kappa shape index (κ3) is 2.90. The van der Waals surface area contributed by atoms with Gasteiger partial charge in [-0.1, -0.05) is 6.07 Å². The topological polar surface area (TPSA) is 70.0 Å². The van der Waals surface area contributed by atoms with Gasteiger partial charge in [0.25, 0.3) is 5.91 Å². The van der Waals surface area contributed by atoms with Crippen LogP contribution in [0.3, 0.4) is 0 Å². The number of anilines is 2. The molecule has 0 radical (unpaired) electrons. The second kappa shape index (κ2) is 7.16. The fourth-order valence-electron chi connectivity index (χ4n) is 5.34. The zero-order valence-electron chi connectivity index (χ0n) is 18.8. The Balaban J connectivity index is 1.50. The molecule has 8 heteroatoms. The summed E-state index contributed by atoms with van der Waals surface area (Å²) in [6.45, 7) is 5.03. The van der Waals surface area contributed by atoms with E-state index in [1.807, 2.05) is 44.3 Å². The van der Waals surface area contributed by atoms with Gasteiger partial charge in [0.2, 0.25) is 0 Å². The zero-order chi connectivity index (χ0) is 22.9. The van der Waals surface area contributed by atoms with Gasteiger partial charge < -0.3 is 9.88 Å². The van der Waals surface area contributed by atoms with Crippen molar-refractivity contribution in [1.82, 2.24) is 19.7 Å². The van der Waals surface area contributed by atoms with Crippen molar-refractivity contribution in [1.29, 1.82) is 0 Å². The van der Waals surface area contributed by atoms with Gasteiger partial charge in [0.1, 0.15) is 5.82 Å². The average Bonchev–Trinajstić information content (AvgIpc) is 3.55. The predicted octanol–water partition coefficient (Wildman–Crippen LogP) is 4.48. The third-order valence-corrected chi connectivity index (χ3v) is 7.18. The quantitative estimate of drug-likeness (QED) is 0.506. The van der Waals surface area contributed by atoms with Crippen LogP contribution in [0.4, 0.5) is 15.8 Å². The van der Waals surface area contributed by atoms with E-state index < -0.39 is 6.04 Å². The third-order valence-electron chi connectivity index (χ3n) is 7.18. The van der Waals surface area contributed by atoms with E-state index in [1.54, 1.807) is 22.0 Å². The van der Waals surface area contributed by atoms with Gasteiger partial charge in [-0.15, -0.1) is 0 Å². The lowest BCUT2D eigenvalue weighted by atomic mass is 9.97. The van der Waals surface area contributed by atoms with Gasteiger partial charge >= 0.3 is 0 Å². The molecular weight excluding hydrogens is 419 g/mol. The van der Waals surface area contributed by atoms with E-state index in [-0.39, 0.29) is 11.7 Å². The van der Waals surface area contributed by atoms with Crippen LogP contribution in [0.1, 0.15) is 53.1 Å². The summed E-state index contributed by atoms with van der Waals surface area (Å²) in [4.78, 5) is 24.8. The maximum absolute atomic E-state index is 15.7. The van der Waals surface area contributed by atoms with Crippen molar-refractivity contribution in [3.05, 3.63) is 71.1 Å². The zero-order valence-corrected chi connectivity index (χ0v) is 18.8. The number of hydrogen-bond acceptors (Lipinski definition) is 4. The fraction of sp³-hybridized carbons (Fsp3) is 0.320. The van der Waals surface area contributed by atoms with Gasteiger partial charge in [-0.2, -0.15) is 5.10 Å². The predicted molar refractivity (Wildman–Crippen MR) is 125 cm³/mol. The van der Waals surface area contributed by atoms with Crippen molar-refractivity contribution >= 4 is 28.3 Å². The Morgan fingerprint density at radius 3 is 2.73 bits per heavy atom. The average molecular weight is 445 g/mol. The van der Waals surface area contributed by atoms with Gasteiger partial charge in [-0.3, -0.25) is 14.4 Å². The van der Waals surface area contributed by atoms with Crippen LogP contribution in [0.2, 0.25) is 0 Å². The minimum Gasteiger partial charge on any atom is -0.369 e. The van der Waals surface area contributed by atoms with Crippen LogP contribution in [-0.2, 0) is 7.05 Å². The highest BCUT2D eigenvalue weighted by atomic mass is 19.1. The van der Waals surface area contributed by atoms with E-state index in [2.05, 4.69) is 26.9 Å². The molecule has 1 amide bonds. The first-order valence-corrected chi connectivity index (χ1v) is 11.3. The number of nitrogens with one attached hydrogen (secondary N) is 1. The number of carbonyl (C=O) groups is 1. The molecule has 2 aromatic carbocycles. The SMILES string of the molecule is Cc1c2c(nn1C)C(=O)N(c1ccc3nc[nH]c3c1)C2c1ccc(N2CCC[C@H]2C)cc1F. The van der Waals surface area contributed by atoms with Gasteiger partial charge in [0.15, 0.2) is 5.69 Å². The second-order valence-electron chi connectivity index (χ2n) is 9.04. The summed E-state index contributed by atoms with van der Waals surface area (Å²) in [5.41, 5.74) is 5.65. The Labute approximate surface area is 190 Å². The van der Waals surface area contributed by atoms with E-state index >= 15 is 4.39 Å². The Kier molecular flexibility index (Phi) is 4.33. The Hall–Kier alpha value is -3.68. The van der Waals surface area contributed by atoms with Crippen molar-refractivity contribution < 1.29 is 9.18 Å². The van der Waals surface area contributed by atoms with Crippen LogP contribution in [0.25, 0.3) is 11.0 Å². The molecule has 2 atom stereocenters. The molecule has 6 rings (SSSR count). The smallest absolute Gasteiger partial charge is 0.280 e. The lowest BCUT2D eigenvalue weighted by molar-refractivity contribution is 0.0988.